The third kappa shape index (κ3) is 2.82. The number of carbonyl (C=O) groups is 1. The Morgan fingerprint density at radius 3 is 2.67 bits per heavy atom. The molecule has 18 heavy (non-hydrogen) atoms. The van der Waals surface area contributed by atoms with Crippen LogP contribution in [0.2, 0.25) is 0 Å². The lowest BCUT2D eigenvalue weighted by atomic mass is 10.0. The van der Waals surface area contributed by atoms with Gasteiger partial charge in [-0.05, 0) is 30.0 Å². The molecule has 0 spiro atoms. The number of hydrogen-bond acceptors (Lipinski definition) is 3. The zero-order valence-electron chi connectivity index (χ0n) is 10.8. The molecule has 1 N–H and O–H groups in total. The monoisotopic (exact) mass is 249 g/mol. The minimum Gasteiger partial charge on any atom is -0.508 e. The van der Waals surface area contributed by atoms with Crippen LogP contribution in [0.25, 0.3) is 0 Å². The van der Waals surface area contributed by atoms with Gasteiger partial charge in [-0.15, -0.1) is 0 Å². The van der Waals surface area contributed by atoms with E-state index in [1.165, 1.54) is 0 Å². The van der Waals surface area contributed by atoms with Crippen molar-refractivity contribution in [2.45, 2.75) is 26.0 Å². The lowest BCUT2D eigenvalue weighted by Gasteiger charge is -2.22. The number of rotatable bonds is 3. The van der Waals surface area contributed by atoms with E-state index >= 15 is 0 Å². The summed E-state index contributed by atoms with van der Waals surface area (Å²) in [5, 5.41) is 9.21. The Hall–Kier alpha value is -1.55. The second-order valence-corrected chi connectivity index (χ2v) is 4.92. The van der Waals surface area contributed by atoms with Crippen LogP contribution in [-0.4, -0.2) is 35.7 Å². The highest BCUT2D eigenvalue weighted by Crippen LogP contribution is 2.22. The van der Waals surface area contributed by atoms with E-state index in [0.717, 1.165) is 12.0 Å². The van der Waals surface area contributed by atoms with Gasteiger partial charge in [0.05, 0.1) is 0 Å². The summed E-state index contributed by atoms with van der Waals surface area (Å²) in [5.41, 5.74) is 0.995. The fraction of sp³-hybridized carbons (Fsp3) is 0.500. The van der Waals surface area contributed by atoms with E-state index in [-0.39, 0.29) is 17.8 Å². The molecule has 1 amide bonds. The smallest absolute Gasteiger partial charge is 0.252 e. The maximum Gasteiger partial charge on any atom is 0.252 e. The Morgan fingerprint density at radius 2 is 2.11 bits per heavy atom. The van der Waals surface area contributed by atoms with Gasteiger partial charge in [0.15, 0.2) is 0 Å². The molecule has 0 aliphatic carbocycles. The van der Waals surface area contributed by atoms with Crippen molar-refractivity contribution < 1.29 is 14.6 Å². The first-order valence-corrected chi connectivity index (χ1v) is 6.22. The Morgan fingerprint density at radius 1 is 1.44 bits per heavy atom. The lowest BCUT2D eigenvalue weighted by Crippen LogP contribution is -2.38. The summed E-state index contributed by atoms with van der Waals surface area (Å²) < 4.78 is 5.47. The van der Waals surface area contributed by atoms with Gasteiger partial charge in [-0.3, -0.25) is 4.79 Å². The molecular weight excluding hydrogens is 230 g/mol. The zero-order valence-corrected chi connectivity index (χ0v) is 10.8. The molecule has 2 atom stereocenters. The van der Waals surface area contributed by atoms with Crippen LogP contribution in [0.5, 0.6) is 5.75 Å². The second kappa shape index (κ2) is 5.40. The van der Waals surface area contributed by atoms with Crippen LogP contribution in [0.3, 0.4) is 0 Å². The van der Waals surface area contributed by atoms with E-state index in [2.05, 4.69) is 0 Å². The number of phenols is 1. The van der Waals surface area contributed by atoms with Crippen molar-refractivity contribution in [3.05, 3.63) is 29.8 Å². The number of aromatic hydroxyl groups is 1. The summed E-state index contributed by atoms with van der Waals surface area (Å²) in [5.74, 6) is 0.563. The van der Waals surface area contributed by atoms with Crippen LogP contribution < -0.4 is 0 Å². The summed E-state index contributed by atoms with van der Waals surface area (Å²) in [6.45, 7) is 3.25. The number of phenolic OH excluding ortho intramolecular Hbond substituents is 1. The van der Waals surface area contributed by atoms with E-state index < -0.39 is 0 Å². The Labute approximate surface area is 107 Å². The quantitative estimate of drug-likeness (QED) is 0.888. The van der Waals surface area contributed by atoms with Gasteiger partial charge in [0, 0.05) is 20.2 Å². The molecular formula is C14H19NO3. The van der Waals surface area contributed by atoms with Crippen LogP contribution in [-0.2, 0) is 16.1 Å². The minimum atomic E-state index is -0.299. The summed E-state index contributed by atoms with van der Waals surface area (Å²) in [6.07, 6.45) is 0.649. The first-order chi connectivity index (χ1) is 8.58. The lowest BCUT2D eigenvalue weighted by molar-refractivity contribution is -0.141. The van der Waals surface area contributed by atoms with Crippen molar-refractivity contribution >= 4 is 5.91 Å². The third-order valence-electron chi connectivity index (χ3n) is 3.36. The molecule has 2 unspecified atom stereocenters. The predicted molar refractivity (Wildman–Crippen MR) is 68.1 cm³/mol. The van der Waals surface area contributed by atoms with Crippen molar-refractivity contribution in [1.82, 2.24) is 4.90 Å². The number of hydrogen-bond donors (Lipinski definition) is 1. The van der Waals surface area contributed by atoms with Crippen LogP contribution in [0.4, 0.5) is 0 Å². The predicted octanol–water partition coefficient (Wildman–Crippen LogP) is 1.78. The molecule has 4 nitrogen and oxygen atoms in total. The van der Waals surface area contributed by atoms with Gasteiger partial charge in [-0.1, -0.05) is 19.1 Å². The molecule has 1 aromatic rings. The largest absolute Gasteiger partial charge is 0.508 e. The number of likely N-dealkylation sites (N-methyl/N-ethyl adjacent to an activating group) is 1. The fourth-order valence-electron chi connectivity index (χ4n) is 2.18. The molecule has 0 bridgehead atoms. The molecule has 1 aromatic carbocycles. The van der Waals surface area contributed by atoms with Gasteiger partial charge in [0.2, 0.25) is 0 Å². The van der Waals surface area contributed by atoms with Crippen LogP contribution in [0.1, 0.15) is 18.9 Å². The number of benzene rings is 1. The molecule has 4 heteroatoms. The molecule has 0 saturated carbocycles. The van der Waals surface area contributed by atoms with Crippen molar-refractivity contribution in [2.24, 2.45) is 5.92 Å². The highest BCUT2D eigenvalue weighted by molar-refractivity contribution is 5.81. The Kier molecular flexibility index (Phi) is 3.87. The van der Waals surface area contributed by atoms with E-state index in [1.54, 1.807) is 24.1 Å². The highest BCUT2D eigenvalue weighted by Gasteiger charge is 2.32. The second-order valence-electron chi connectivity index (χ2n) is 4.92. The molecule has 0 radical (unpaired) electrons. The van der Waals surface area contributed by atoms with Gasteiger partial charge in [-0.25, -0.2) is 0 Å². The molecule has 98 valence electrons. The molecule has 2 rings (SSSR count). The van der Waals surface area contributed by atoms with E-state index in [0.29, 0.717) is 19.1 Å². The number of nitrogens with zero attached hydrogens (tertiary/aromatic N) is 1. The van der Waals surface area contributed by atoms with Gasteiger partial charge >= 0.3 is 0 Å². The first-order valence-electron chi connectivity index (χ1n) is 6.22. The van der Waals surface area contributed by atoms with Crippen molar-refractivity contribution in [3.8, 4) is 5.75 Å². The van der Waals surface area contributed by atoms with E-state index in [9.17, 15) is 9.90 Å². The van der Waals surface area contributed by atoms with Crippen LogP contribution >= 0.6 is 0 Å². The zero-order chi connectivity index (χ0) is 13.1. The Balaban J connectivity index is 1.97. The summed E-state index contributed by atoms with van der Waals surface area (Å²) in [6, 6.07) is 6.89. The van der Waals surface area contributed by atoms with Gasteiger partial charge in [0.25, 0.3) is 5.91 Å². The van der Waals surface area contributed by atoms with Crippen LogP contribution in [0.15, 0.2) is 24.3 Å². The summed E-state index contributed by atoms with van der Waals surface area (Å²) in [4.78, 5) is 13.9. The SMILES string of the molecule is CC1CCOC1C(=O)N(C)Cc1ccc(O)cc1. The standard InChI is InChI=1S/C14H19NO3/c1-10-7-8-18-13(10)14(17)15(2)9-11-3-5-12(16)6-4-11/h3-6,10,13,16H,7-9H2,1-2H3. The molecule has 1 heterocycles. The van der Waals surface area contributed by atoms with Crippen molar-refractivity contribution in [2.75, 3.05) is 13.7 Å². The number of ether oxygens (including phenoxy) is 1. The molecule has 1 fully saturated rings. The topological polar surface area (TPSA) is 49.8 Å². The molecule has 1 aliphatic heterocycles. The fourth-order valence-corrected chi connectivity index (χ4v) is 2.18. The summed E-state index contributed by atoms with van der Waals surface area (Å²) in [7, 11) is 1.78. The average molecular weight is 249 g/mol. The highest BCUT2D eigenvalue weighted by atomic mass is 16.5. The van der Waals surface area contributed by atoms with Gasteiger partial charge in [0.1, 0.15) is 11.9 Å². The first kappa shape index (κ1) is 12.9. The Bertz CT molecular complexity index is 416. The number of carbonyl (C=O) groups excluding carboxylic acids is 1. The molecule has 0 aromatic heterocycles. The molecule has 1 saturated heterocycles. The van der Waals surface area contributed by atoms with Crippen molar-refractivity contribution in [3.63, 3.8) is 0 Å². The molecule has 1 aliphatic rings. The average Bonchev–Trinajstić information content (AvgIpc) is 2.77. The van der Waals surface area contributed by atoms with E-state index in [4.69, 9.17) is 4.74 Å². The van der Waals surface area contributed by atoms with Crippen molar-refractivity contribution in [1.29, 1.82) is 0 Å². The minimum absolute atomic E-state index is 0.0353. The van der Waals surface area contributed by atoms with Crippen LogP contribution in [0, 0.1) is 5.92 Å². The number of amides is 1. The maximum absolute atomic E-state index is 12.2. The maximum atomic E-state index is 12.2. The summed E-state index contributed by atoms with van der Waals surface area (Å²) >= 11 is 0. The van der Waals surface area contributed by atoms with Gasteiger partial charge < -0.3 is 14.7 Å². The van der Waals surface area contributed by atoms with E-state index in [1.807, 2.05) is 19.1 Å². The normalized spacial score (nSPS) is 23.0. The van der Waals surface area contributed by atoms with Gasteiger partial charge in [-0.2, -0.15) is 0 Å². The third-order valence-corrected chi connectivity index (χ3v) is 3.36.